The average Bonchev–Trinajstić information content (AvgIpc) is 3.42. The molecule has 0 unspecified atom stereocenters. The Hall–Kier alpha value is -2.92. The fraction of sp³-hybridized carbons (Fsp3) is 0.400. The minimum atomic E-state index is -3.96. The van der Waals surface area contributed by atoms with E-state index in [9.17, 15) is 13.5 Å². The maximum absolute atomic E-state index is 13.8. The van der Waals surface area contributed by atoms with Crippen LogP contribution >= 0.6 is 0 Å². The SMILES string of the molecule is COc1ccc(CN(Cc2ccc(OC)cc2)S(=O)(=O)c2ccn(C3(CO)CCOCC3)n2)cc1. The maximum atomic E-state index is 13.8. The van der Waals surface area contributed by atoms with Crippen LogP contribution in [0, 0.1) is 0 Å². The summed E-state index contributed by atoms with van der Waals surface area (Å²) in [4.78, 5) is 0. The highest BCUT2D eigenvalue weighted by molar-refractivity contribution is 7.89. The van der Waals surface area contributed by atoms with Gasteiger partial charge in [0.25, 0.3) is 10.0 Å². The van der Waals surface area contributed by atoms with Crippen molar-refractivity contribution in [2.45, 2.75) is 36.5 Å². The van der Waals surface area contributed by atoms with Crippen LogP contribution in [0.25, 0.3) is 0 Å². The molecule has 0 radical (unpaired) electrons. The molecule has 1 aliphatic rings. The van der Waals surface area contributed by atoms with E-state index in [1.807, 2.05) is 24.3 Å². The fourth-order valence-electron chi connectivity index (χ4n) is 4.15. The summed E-state index contributed by atoms with van der Waals surface area (Å²) in [5.41, 5.74) is 0.972. The van der Waals surface area contributed by atoms with E-state index in [1.54, 1.807) is 49.4 Å². The second kappa shape index (κ2) is 10.8. The predicted octanol–water partition coefficient (Wildman–Crippen LogP) is 2.79. The van der Waals surface area contributed by atoms with E-state index in [4.69, 9.17) is 14.2 Å². The van der Waals surface area contributed by atoms with Crippen molar-refractivity contribution < 1.29 is 27.7 Å². The first-order valence-electron chi connectivity index (χ1n) is 11.4. The summed E-state index contributed by atoms with van der Waals surface area (Å²) in [6, 6.07) is 16.1. The molecule has 9 nitrogen and oxygen atoms in total. The minimum Gasteiger partial charge on any atom is -0.497 e. The quantitative estimate of drug-likeness (QED) is 0.456. The van der Waals surface area contributed by atoms with Crippen molar-refractivity contribution in [2.24, 2.45) is 0 Å². The van der Waals surface area contributed by atoms with Gasteiger partial charge in [-0.15, -0.1) is 0 Å². The molecule has 2 aromatic carbocycles. The van der Waals surface area contributed by atoms with Gasteiger partial charge in [0.1, 0.15) is 11.5 Å². The standard InChI is InChI=1S/C25H31N3O6S/c1-32-22-7-3-20(4-8-22)17-27(18-21-5-9-23(33-2)10-6-21)35(30,31)24-11-14-28(26-24)25(19-29)12-15-34-16-13-25/h3-11,14,29H,12-13,15-19H2,1-2H3. The van der Waals surface area contributed by atoms with Gasteiger partial charge < -0.3 is 19.3 Å². The highest BCUT2D eigenvalue weighted by atomic mass is 32.2. The Bertz CT molecular complexity index is 1150. The Morgan fingerprint density at radius 3 is 1.91 bits per heavy atom. The van der Waals surface area contributed by atoms with Crippen molar-refractivity contribution in [3.05, 3.63) is 71.9 Å². The lowest BCUT2D eigenvalue weighted by Crippen LogP contribution is -2.43. The van der Waals surface area contributed by atoms with Crippen LogP contribution in [0.2, 0.25) is 0 Å². The second-order valence-corrected chi connectivity index (χ2v) is 10.4. The molecule has 4 rings (SSSR count). The lowest BCUT2D eigenvalue weighted by atomic mass is 9.91. The molecule has 0 spiro atoms. The molecule has 1 N–H and O–H groups in total. The molecule has 1 saturated heterocycles. The number of sulfonamides is 1. The number of ether oxygens (including phenoxy) is 3. The molecular formula is C25H31N3O6S. The van der Waals surface area contributed by atoms with Gasteiger partial charge in [0, 0.05) is 32.5 Å². The van der Waals surface area contributed by atoms with Crippen LogP contribution in [0.5, 0.6) is 11.5 Å². The first kappa shape index (κ1) is 25.2. The first-order valence-corrected chi connectivity index (χ1v) is 12.8. The minimum absolute atomic E-state index is 0.0566. The molecule has 35 heavy (non-hydrogen) atoms. The van der Waals surface area contributed by atoms with Gasteiger partial charge >= 0.3 is 0 Å². The van der Waals surface area contributed by atoms with E-state index >= 15 is 0 Å². The van der Waals surface area contributed by atoms with E-state index < -0.39 is 15.6 Å². The summed E-state index contributed by atoms with van der Waals surface area (Å²) in [5, 5.41) is 14.5. The third kappa shape index (κ3) is 5.51. The number of methoxy groups -OCH3 is 2. The van der Waals surface area contributed by atoms with Crippen LogP contribution < -0.4 is 9.47 Å². The molecule has 3 aromatic rings. The van der Waals surface area contributed by atoms with Crippen molar-refractivity contribution in [1.82, 2.24) is 14.1 Å². The van der Waals surface area contributed by atoms with Crippen LogP contribution in [0.4, 0.5) is 0 Å². The Labute approximate surface area is 205 Å². The normalized spacial score (nSPS) is 15.8. The fourth-order valence-corrected chi connectivity index (χ4v) is 5.47. The third-order valence-corrected chi connectivity index (χ3v) is 8.09. The highest BCUT2D eigenvalue weighted by Gasteiger charge is 2.36. The van der Waals surface area contributed by atoms with Crippen LogP contribution in [0.1, 0.15) is 24.0 Å². The Morgan fingerprint density at radius 2 is 1.46 bits per heavy atom. The molecule has 0 amide bonds. The molecule has 188 valence electrons. The topological polar surface area (TPSA) is 103 Å². The Kier molecular flexibility index (Phi) is 7.75. The van der Waals surface area contributed by atoms with Crippen LogP contribution in [-0.2, 0) is 33.4 Å². The van der Waals surface area contributed by atoms with Crippen LogP contribution in [0.15, 0.2) is 65.8 Å². The number of rotatable bonds is 10. The Balaban J connectivity index is 1.65. The summed E-state index contributed by atoms with van der Waals surface area (Å²) in [6.07, 6.45) is 2.76. The lowest BCUT2D eigenvalue weighted by Gasteiger charge is -2.35. The largest absolute Gasteiger partial charge is 0.497 e. The van der Waals surface area contributed by atoms with Crippen LogP contribution in [-0.4, -0.2) is 61.7 Å². The highest BCUT2D eigenvalue weighted by Crippen LogP contribution is 2.30. The average molecular weight is 502 g/mol. The number of hydrogen-bond donors (Lipinski definition) is 1. The zero-order valence-corrected chi connectivity index (χ0v) is 20.8. The Morgan fingerprint density at radius 1 is 0.943 bits per heavy atom. The van der Waals surface area contributed by atoms with Gasteiger partial charge in [-0.05, 0) is 54.3 Å². The molecule has 10 heteroatoms. The first-order chi connectivity index (χ1) is 16.9. The molecule has 0 bridgehead atoms. The molecule has 2 heterocycles. The van der Waals surface area contributed by atoms with Crippen molar-refractivity contribution in [2.75, 3.05) is 34.0 Å². The maximum Gasteiger partial charge on any atom is 0.262 e. The van der Waals surface area contributed by atoms with E-state index in [0.29, 0.717) is 37.6 Å². The number of hydrogen-bond acceptors (Lipinski definition) is 7. The van der Waals surface area contributed by atoms with Crippen LogP contribution in [0.3, 0.4) is 0 Å². The summed E-state index contributed by atoms with van der Waals surface area (Å²) in [6.45, 7) is 1.15. The van der Waals surface area contributed by atoms with E-state index in [2.05, 4.69) is 5.10 Å². The van der Waals surface area contributed by atoms with Gasteiger partial charge in [-0.2, -0.15) is 9.40 Å². The predicted molar refractivity (Wildman–Crippen MR) is 130 cm³/mol. The van der Waals surface area contributed by atoms with Gasteiger partial charge in [0.15, 0.2) is 5.03 Å². The number of benzene rings is 2. The van der Waals surface area contributed by atoms with Gasteiger partial charge in [-0.25, -0.2) is 8.42 Å². The number of aliphatic hydroxyl groups is 1. The molecular weight excluding hydrogens is 470 g/mol. The number of nitrogens with zero attached hydrogens (tertiary/aromatic N) is 3. The summed E-state index contributed by atoms with van der Waals surface area (Å²) in [5.74, 6) is 1.39. The van der Waals surface area contributed by atoms with Crippen molar-refractivity contribution >= 4 is 10.0 Å². The molecule has 1 aromatic heterocycles. The molecule has 0 aliphatic carbocycles. The zero-order valence-electron chi connectivity index (χ0n) is 20.0. The zero-order chi connectivity index (χ0) is 24.9. The third-order valence-electron chi connectivity index (χ3n) is 6.41. The molecule has 0 saturated carbocycles. The molecule has 1 fully saturated rings. The number of aliphatic hydroxyl groups excluding tert-OH is 1. The molecule has 1 aliphatic heterocycles. The van der Waals surface area contributed by atoms with Crippen molar-refractivity contribution in [3.63, 3.8) is 0 Å². The van der Waals surface area contributed by atoms with Gasteiger partial charge in [0.2, 0.25) is 0 Å². The van der Waals surface area contributed by atoms with E-state index in [-0.39, 0.29) is 24.7 Å². The second-order valence-electron chi connectivity index (χ2n) is 8.56. The summed E-state index contributed by atoms with van der Waals surface area (Å²) < 4.78 is 46.4. The van der Waals surface area contributed by atoms with Gasteiger partial charge in [-0.3, -0.25) is 4.68 Å². The van der Waals surface area contributed by atoms with E-state index in [1.165, 1.54) is 10.4 Å². The monoisotopic (exact) mass is 501 g/mol. The van der Waals surface area contributed by atoms with Gasteiger partial charge in [0.05, 0.1) is 26.4 Å². The summed E-state index contributed by atoms with van der Waals surface area (Å²) >= 11 is 0. The van der Waals surface area contributed by atoms with Crippen molar-refractivity contribution in [1.29, 1.82) is 0 Å². The van der Waals surface area contributed by atoms with Crippen molar-refractivity contribution in [3.8, 4) is 11.5 Å². The lowest BCUT2D eigenvalue weighted by molar-refractivity contribution is -0.0149. The van der Waals surface area contributed by atoms with Gasteiger partial charge in [-0.1, -0.05) is 24.3 Å². The smallest absolute Gasteiger partial charge is 0.262 e. The van der Waals surface area contributed by atoms with E-state index in [0.717, 1.165) is 11.1 Å². The molecule has 0 atom stereocenters. The number of aromatic nitrogens is 2. The summed E-state index contributed by atoms with van der Waals surface area (Å²) in [7, 11) is -0.782.